The Morgan fingerprint density at radius 1 is 1.20 bits per heavy atom. The number of hydrogen-bond donors (Lipinski definition) is 1. The summed E-state index contributed by atoms with van der Waals surface area (Å²) < 4.78 is 0. The predicted octanol–water partition coefficient (Wildman–Crippen LogP) is 0.764. The van der Waals surface area contributed by atoms with Crippen molar-refractivity contribution in [3.8, 4) is 0 Å². The van der Waals surface area contributed by atoms with Crippen LogP contribution in [0.15, 0.2) is 0 Å². The van der Waals surface area contributed by atoms with Gasteiger partial charge < -0.3 is 15.1 Å². The fourth-order valence-corrected chi connectivity index (χ4v) is 2.37. The first-order chi connectivity index (χ1) is 7.24. The van der Waals surface area contributed by atoms with Crippen LogP contribution in [0.2, 0.25) is 0 Å². The maximum Gasteiger partial charge on any atom is 0.0209 e. The van der Waals surface area contributed by atoms with Crippen LogP contribution in [0.4, 0.5) is 0 Å². The molecule has 1 atom stereocenters. The van der Waals surface area contributed by atoms with Crippen LogP contribution < -0.4 is 5.32 Å². The summed E-state index contributed by atoms with van der Waals surface area (Å²) in [5.41, 5.74) is 0. The summed E-state index contributed by atoms with van der Waals surface area (Å²) in [4.78, 5) is 4.89. The van der Waals surface area contributed by atoms with Gasteiger partial charge in [0.15, 0.2) is 0 Å². The smallest absolute Gasteiger partial charge is 0.0209 e. The Kier molecular flexibility index (Phi) is 4.00. The molecule has 0 bridgehead atoms. The van der Waals surface area contributed by atoms with Crippen LogP contribution in [-0.2, 0) is 0 Å². The number of nitrogens with zero attached hydrogens (tertiary/aromatic N) is 2. The summed E-state index contributed by atoms with van der Waals surface area (Å²) in [5, 5.41) is 3.73. The molecular formula is C12H25N3. The van der Waals surface area contributed by atoms with Gasteiger partial charge in [0, 0.05) is 18.6 Å². The molecule has 0 radical (unpaired) electrons. The van der Waals surface area contributed by atoms with E-state index in [1.165, 1.54) is 51.9 Å². The standard InChI is InChI=1S/C12H25N3/c1-14(2)7-3-8-15-9-6-12(10-15)13-11-4-5-11/h11-13H,3-10H2,1-2H3. The van der Waals surface area contributed by atoms with E-state index < -0.39 is 0 Å². The first-order valence-electron chi connectivity index (χ1n) is 6.37. The number of rotatable bonds is 6. The third kappa shape index (κ3) is 4.09. The van der Waals surface area contributed by atoms with Crippen molar-refractivity contribution in [2.45, 2.75) is 37.8 Å². The summed E-state index contributed by atoms with van der Waals surface area (Å²) in [6.07, 6.45) is 5.50. The monoisotopic (exact) mass is 211 g/mol. The zero-order valence-electron chi connectivity index (χ0n) is 10.2. The lowest BCUT2D eigenvalue weighted by molar-refractivity contribution is 0.296. The van der Waals surface area contributed by atoms with Crippen molar-refractivity contribution >= 4 is 0 Å². The number of likely N-dealkylation sites (tertiary alicyclic amines) is 1. The summed E-state index contributed by atoms with van der Waals surface area (Å²) in [5.74, 6) is 0. The van der Waals surface area contributed by atoms with Gasteiger partial charge in [-0.2, -0.15) is 0 Å². The van der Waals surface area contributed by atoms with Gasteiger partial charge in [0.2, 0.25) is 0 Å². The molecule has 0 aromatic heterocycles. The maximum atomic E-state index is 3.73. The summed E-state index contributed by atoms with van der Waals surface area (Å²) in [6, 6.07) is 1.66. The molecule has 2 aliphatic rings. The van der Waals surface area contributed by atoms with Gasteiger partial charge in [-0.15, -0.1) is 0 Å². The van der Waals surface area contributed by atoms with Crippen molar-refractivity contribution in [1.82, 2.24) is 15.1 Å². The van der Waals surface area contributed by atoms with Gasteiger partial charge in [-0.25, -0.2) is 0 Å². The van der Waals surface area contributed by atoms with Gasteiger partial charge in [0.05, 0.1) is 0 Å². The van der Waals surface area contributed by atoms with Crippen LogP contribution in [0, 0.1) is 0 Å². The minimum Gasteiger partial charge on any atom is -0.310 e. The average Bonchev–Trinajstić information content (AvgIpc) is 2.86. The minimum atomic E-state index is 0.789. The van der Waals surface area contributed by atoms with E-state index in [-0.39, 0.29) is 0 Å². The van der Waals surface area contributed by atoms with Crippen LogP contribution in [0.3, 0.4) is 0 Å². The molecule has 0 amide bonds. The molecule has 1 saturated carbocycles. The molecule has 3 heteroatoms. The van der Waals surface area contributed by atoms with Crippen LogP contribution in [0.1, 0.15) is 25.7 Å². The lowest BCUT2D eigenvalue weighted by Crippen LogP contribution is -2.34. The predicted molar refractivity (Wildman–Crippen MR) is 64.2 cm³/mol. The first kappa shape index (κ1) is 11.4. The molecule has 1 unspecified atom stereocenters. The van der Waals surface area contributed by atoms with E-state index in [1.54, 1.807) is 0 Å². The molecule has 1 aliphatic heterocycles. The van der Waals surface area contributed by atoms with Crippen molar-refractivity contribution in [3.63, 3.8) is 0 Å². The van der Waals surface area contributed by atoms with Gasteiger partial charge >= 0.3 is 0 Å². The van der Waals surface area contributed by atoms with Crippen LogP contribution in [0.25, 0.3) is 0 Å². The van der Waals surface area contributed by atoms with Crippen LogP contribution in [-0.4, -0.2) is 62.2 Å². The molecule has 1 heterocycles. The fraction of sp³-hybridized carbons (Fsp3) is 1.00. The quantitative estimate of drug-likeness (QED) is 0.700. The Morgan fingerprint density at radius 2 is 2.00 bits per heavy atom. The van der Waals surface area contributed by atoms with E-state index >= 15 is 0 Å². The summed E-state index contributed by atoms with van der Waals surface area (Å²) >= 11 is 0. The van der Waals surface area contributed by atoms with Crippen molar-refractivity contribution in [3.05, 3.63) is 0 Å². The molecule has 0 aromatic rings. The average molecular weight is 211 g/mol. The maximum absolute atomic E-state index is 3.73. The first-order valence-corrected chi connectivity index (χ1v) is 6.37. The zero-order chi connectivity index (χ0) is 10.7. The second-order valence-corrected chi connectivity index (χ2v) is 5.38. The van der Waals surface area contributed by atoms with E-state index in [1.807, 2.05) is 0 Å². The zero-order valence-corrected chi connectivity index (χ0v) is 10.2. The third-order valence-electron chi connectivity index (χ3n) is 3.40. The Hall–Kier alpha value is -0.120. The van der Waals surface area contributed by atoms with Crippen LogP contribution in [0.5, 0.6) is 0 Å². The number of nitrogens with one attached hydrogen (secondary N) is 1. The molecule has 2 rings (SSSR count). The SMILES string of the molecule is CN(C)CCCN1CCC(NC2CC2)C1. The molecule has 15 heavy (non-hydrogen) atoms. The van der Waals surface area contributed by atoms with Gasteiger partial charge in [-0.1, -0.05) is 0 Å². The third-order valence-corrected chi connectivity index (χ3v) is 3.40. The molecule has 88 valence electrons. The summed E-state index contributed by atoms with van der Waals surface area (Å²) in [6.45, 7) is 5.08. The Morgan fingerprint density at radius 3 is 2.67 bits per heavy atom. The van der Waals surface area contributed by atoms with E-state index in [0.29, 0.717) is 0 Å². The second-order valence-electron chi connectivity index (χ2n) is 5.38. The lowest BCUT2D eigenvalue weighted by atomic mass is 10.2. The van der Waals surface area contributed by atoms with Crippen LogP contribution >= 0.6 is 0 Å². The Bertz CT molecular complexity index is 189. The molecule has 2 fully saturated rings. The van der Waals surface area contributed by atoms with Crippen molar-refractivity contribution in [1.29, 1.82) is 0 Å². The molecule has 1 N–H and O–H groups in total. The second kappa shape index (κ2) is 5.28. The van der Waals surface area contributed by atoms with Crippen molar-refractivity contribution in [2.75, 3.05) is 40.3 Å². The molecule has 0 aromatic carbocycles. The van der Waals surface area contributed by atoms with Crippen molar-refractivity contribution < 1.29 is 0 Å². The Balaban J connectivity index is 1.55. The minimum absolute atomic E-state index is 0.789. The highest BCUT2D eigenvalue weighted by molar-refractivity contribution is 4.89. The highest BCUT2D eigenvalue weighted by atomic mass is 15.2. The molecule has 1 saturated heterocycles. The highest BCUT2D eigenvalue weighted by Gasteiger charge is 2.28. The van der Waals surface area contributed by atoms with E-state index in [4.69, 9.17) is 0 Å². The number of hydrogen-bond acceptors (Lipinski definition) is 3. The fourth-order valence-electron chi connectivity index (χ4n) is 2.37. The normalized spacial score (nSPS) is 27.8. The highest BCUT2D eigenvalue weighted by Crippen LogP contribution is 2.21. The molecular weight excluding hydrogens is 186 g/mol. The van der Waals surface area contributed by atoms with E-state index in [2.05, 4.69) is 29.2 Å². The molecule has 3 nitrogen and oxygen atoms in total. The van der Waals surface area contributed by atoms with Crippen molar-refractivity contribution in [2.24, 2.45) is 0 Å². The lowest BCUT2D eigenvalue weighted by Gasteiger charge is -2.17. The van der Waals surface area contributed by atoms with Gasteiger partial charge in [-0.3, -0.25) is 0 Å². The van der Waals surface area contributed by atoms with E-state index in [0.717, 1.165) is 12.1 Å². The topological polar surface area (TPSA) is 18.5 Å². The van der Waals surface area contributed by atoms with Gasteiger partial charge in [0.1, 0.15) is 0 Å². The van der Waals surface area contributed by atoms with Gasteiger partial charge in [-0.05, 0) is 59.4 Å². The molecule has 1 aliphatic carbocycles. The summed E-state index contributed by atoms with van der Waals surface area (Å²) in [7, 11) is 4.31. The van der Waals surface area contributed by atoms with Gasteiger partial charge in [0.25, 0.3) is 0 Å². The largest absolute Gasteiger partial charge is 0.310 e. The van der Waals surface area contributed by atoms with E-state index in [9.17, 15) is 0 Å². The molecule has 0 spiro atoms. The Labute approximate surface area is 93.8 Å².